The molecule has 2 aliphatic heterocycles. The number of aliphatic hydroxyl groups excluding tert-OH is 3. The zero-order chi connectivity index (χ0) is 49.3. The van der Waals surface area contributed by atoms with E-state index in [1.54, 1.807) is 13.8 Å². The van der Waals surface area contributed by atoms with Gasteiger partial charge in [-0.3, -0.25) is 47.9 Å². The van der Waals surface area contributed by atoms with Gasteiger partial charge in [0.15, 0.2) is 0 Å². The molecule has 366 valence electrons. The van der Waals surface area contributed by atoms with Crippen molar-refractivity contribution in [1.82, 2.24) is 41.7 Å². The van der Waals surface area contributed by atoms with Gasteiger partial charge in [0.05, 0.1) is 26.2 Å². The van der Waals surface area contributed by atoms with E-state index in [2.05, 4.69) is 31.9 Å². The Morgan fingerprint density at radius 3 is 1.48 bits per heavy atom. The van der Waals surface area contributed by atoms with E-state index in [0.717, 1.165) is 9.80 Å². The lowest BCUT2D eigenvalue weighted by atomic mass is 10.0. The van der Waals surface area contributed by atoms with E-state index < -0.39 is 165 Å². The average molecular weight is 930 g/mol. The Labute approximate surface area is 373 Å². The molecule has 0 unspecified atom stereocenters. The van der Waals surface area contributed by atoms with Crippen molar-refractivity contribution in [2.45, 2.75) is 133 Å². The molecule has 0 aromatic rings. The van der Waals surface area contributed by atoms with Crippen molar-refractivity contribution in [3.8, 4) is 0 Å². The van der Waals surface area contributed by atoms with Crippen LogP contribution in [0.2, 0.25) is 0 Å². The standard InChI is InChI=1S/C39H63N9O17/c1-18(2)13-22(42-31(56)20(40)15-49)33(58)43-23(14-29(54)55)37(62)47-11-5-8-27(47)36(61)44-24(16-50)34(59)45-25(17-51)38(63)48-12-6-7-26(48)35(60)41-21(9-10-28(52)53)32(57)46-30(19(3)4)39(64)65/h18-27,30,49-51H,5-17,40H2,1-4H3,(H,41,60)(H,42,56)(H,43,58)(H,44,61)(H,45,59)(H,46,57)(H,52,53)(H,54,55)(H,64,65)/t20-,21-,22-,23-,24-,25-,26-,27-,30-/m0/s1. The highest BCUT2D eigenvalue weighted by atomic mass is 16.4. The number of carbonyl (C=O) groups is 11. The van der Waals surface area contributed by atoms with Crippen LogP contribution in [0.25, 0.3) is 0 Å². The van der Waals surface area contributed by atoms with Gasteiger partial charge in [0.1, 0.15) is 54.4 Å². The summed E-state index contributed by atoms with van der Waals surface area (Å²) in [6.45, 7) is 3.51. The minimum absolute atomic E-state index is 0.00299. The van der Waals surface area contributed by atoms with E-state index in [0.29, 0.717) is 0 Å². The SMILES string of the molecule is CC(C)C[C@H](NC(=O)[C@@H](N)CO)C(=O)N[C@@H](CC(=O)O)C(=O)N1CCC[C@H]1C(=O)N[C@@H](CO)C(=O)N[C@@H](CO)C(=O)N1CCC[C@H]1C(=O)N[C@@H](CCC(=O)O)C(=O)N[C@H](C(=O)O)C(C)C. The second-order valence-corrected chi connectivity index (χ2v) is 16.6. The molecule has 14 N–H and O–H groups in total. The molecule has 2 saturated heterocycles. The molecule has 0 radical (unpaired) electrons. The summed E-state index contributed by atoms with van der Waals surface area (Å²) in [6.07, 6.45) is -1.42. The van der Waals surface area contributed by atoms with Gasteiger partial charge in [-0.25, -0.2) is 4.79 Å². The molecule has 2 aliphatic rings. The van der Waals surface area contributed by atoms with Crippen molar-refractivity contribution < 1.29 is 83.4 Å². The van der Waals surface area contributed by atoms with E-state index in [4.69, 9.17) is 5.73 Å². The Kier molecular flexibility index (Phi) is 22.1. The molecule has 2 rings (SSSR count). The quantitative estimate of drug-likeness (QED) is 0.0384. The number of carboxylic acid groups (broad SMARTS) is 3. The summed E-state index contributed by atoms with van der Waals surface area (Å²) < 4.78 is 0. The van der Waals surface area contributed by atoms with Crippen LogP contribution in [0.3, 0.4) is 0 Å². The van der Waals surface area contributed by atoms with Crippen LogP contribution in [-0.4, -0.2) is 193 Å². The summed E-state index contributed by atoms with van der Waals surface area (Å²) in [5, 5.41) is 71.7. The third-order valence-electron chi connectivity index (χ3n) is 10.7. The second-order valence-electron chi connectivity index (χ2n) is 16.6. The summed E-state index contributed by atoms with van der Waals surface area (Å²) in [7, 11) is 0. The van der Waals surface area contributed by atoms with Crippen molar-refractivity contribution in [1.29, 1.82) is 0 Å². The maximum Gasteiger partial charge on any atom is 0.326 e. The molecule has 0 aromatic heterocycles. The number of hydrogen-bond donors (Lipinski definition) is 13. The number of hydrogen-bond acceptors (Lipinski definition) is 15. The molecule has 2 heterocycles. The maximum absolute atomic E-state index is 13.8. The number of aliphatic hydroxyl groups is 3. The first-order valence-corrected chi connectivity index (χ1v) is 21.1. The van der Waals surface area contributed by atoms with Crippen molar-refractivity contribution >= 4 is 65.2 Å². The topological polar surface area (TPSA) is 414 Å². The maximum atomic E-state index is 13.8. The van der Waals surface area contributed by atoms with Crippen LogP contribution in [0.15, 0.2) is 0 Å². The first-order valence-electron chi connectivity index (χ1n) is 21.1. The Morgan fingerprint density at radius 2 is 1.03 bits per heavy atom. The number of carboxylic acids is 3. The number of carbonyl (C=O) groups excluding carboxylic acids is 8. The largest absolute Gasteiger partial charge is 0.481 e. The van der Waals surface area contributed by atoms with E-state index in [1.807, 2.05) is 0 Å². The third kappa shape index (κ3) is 16.5. The monoisotopic (exact) mass is 929 g/mol. The van der Waals surface area contributed by atoms with Gasteiger partial charge in [0, 0.05) is 19.5 Å². The number of rotatable bonds is 26. The summed E-state index contributed by atoms with van der Waals surface area (Å²) in [5.74, 6) is -12.8. The van der Waals surface area contributed by atoms with Gasteiger partial charge < -0.3 is 78.1 Å². The normalized spacial score (nSPS) is 19.2. The minimum atomic E-state index is -1.78. The summed E-state index contributed by atoms with van der Waals surface area (Å²) in [6, 6.07) is -13.5. The Balaban J connectivity index is 2.20. The fourth-order valence-corrected chi connectivity index (χ4v) is 7.21. The van der Waals surface area contributed by atoms with Gasteiger partial charge in [-0.05, 0) is 50.4 Å². The zero-order valence-electron chi connectivity index (χ0n) is 36.7. The van der Waals surface area contributed by atoms with Crippen LogP contribution in [0, 0.1) is 11.8 Å². The predicted molar refractivity (Wildman–Crippen MR) is 221 cm³/mol. The molecule has 0 bridgehead atoms. The van der Waals surface area contributed by atoms with Gasteiger partial charge in [0.2, 0.25) is 47.3 Å². The average Bonchev–Trinajstić information content (AvgIpc) is 3.94. The number of amides is 8. The molecular weight excluding hydrogens is 866 g/mol. The Hall–Kier alpha value is -5.99. The highest BCUT2D eigenvalue weighted by molar-refractivity contribution is 5.99. The third-order valence-corrected chi connectivity index (χ3v) is 10.7. The molecule has 0 aromatic carbocycles. The van der Waals surface area contributed by atoms with Crippen molar-refractivity contribution in [2.24, 2.45) is 17.6 Å². The lowest BCUT2D eigenvalue weighted by Crippen LogP contribution is -2.61. The van der Waals surface area contributed by atoms with E-state index in [9.17, 15) is 83.4 Å². The Morgan fingerprint density at radius 1 is 0.569 bits per heavy atom. The Bertz CT molecular complexity index is 1760. The van der Waals surface area contributed by atoms with Gasteiger partial charge in [0.25, 0.3) is 0 Å². The molecule has 65 heavy (non-hydrogen) atoms. The van der Waals surface area contributed by atoms with Gasteiger partial charge in [-0.15, -0.1) is 0 Å². The van der Waals surface area contributed by atoms with Crippen molar-refractivity contribution in [3.63, 3.8) is 0 Å². The number of nitrogens with one attached hydrogen (secondary N) is 6. The number of nitrogens with zero attached hydrogens (tertiary/aromatic N) is 2. The molecule has 26 nitrogen and oxygen atoms in total. The lowest BCUT2D eigenvalue weighted by Gasteiger charge is -2.31. The number of aliphatic carboxylic acids is 3. The van der Waals surface area contributed by atoms with Crippen molar-refractivity contribution in [3.05, 3.63) is 0 Å². The minimum Gasteiger partial charge on any atom is -0.481 e. The first-order chi connectivity index (χ1) is 30.5. The van der Waals surface area contributed by atoms with Gasteiger partial charge in [-0.1, -0.05) is 27.7 Å². The molecule has 26 heteroatoms. The summed E-state index contributed by atoms with van der Waals surface area (Å²) in [5.41, 5.74) is 5.56. The fourth-order valence-electron chi connectivity index (χ4n) is 7.21. The van der Waals surface area contributed by atoms with Gasteiger partial charge in [-0.2, -0.15) is 0 Å². The number of nitrogens with two attached hydrogens (primary N) is 1. The van der Waals surface area contributed by atoms with Crippen LogP contribution in [-0.2, 0) is 52.7 Å². The van der Waals surface area contributed by atoms with Crippen LogP contribution in [0.4, 0.5) is 0 Å². The highest BCUT2D eigenvalue weighted by Crippen LogP contribution is 2.21. The van der Waals surface area contributed by atoms with E-state index in [-0.39, 0.29) is 51.1 Å². The second kappa shape index (κ2) is 26.1. The molecule has 0 spiro atoms. The molecule has 2 fully saturated rings. The predicted octanol–water partition coefficient (Wildman–Crippen LogP) is -5.69. The van der Waals surface area contributed by atoms with Crippen LogP contribution < -0.4 is 37.6 Å². The smallest absolute Gasteiger partial charge is 0.326 e. The lowest BCUT2D eigenvalue weighted by molar-refractivity contribution is -0.146. The van der Waals surface area contributed by atoms with Crippen LogP contribution >= 0.6 is 0 Å². The number of likely N-dealkylation sites (tertiary alicyclic amines) is 2. The zero-order valence-corrected chi connectivity index (χ0v) is 36.7. The highest BCUT2D eigenvalue weighted by Gasteiger charge is 2.42. The molecule has 9 atom stereocenters. The molecular formula is C39H63N9O17. The summed E-state index contributed by atoms with van der Waals surface area (Å²) in [4.78, 5) is 143. The van der Waals surface area contributed by atoms with E-state index >= 15 is 0 Å². The fraction of sp³-hybridized carbons (Fsp3) is 0.718. The first kappa shape index (κ1) is 55.1. The van der Waals surface area contributed by atoms with Crippen LogP contribution in [0.5, 0.6) is 0 Å². The van der Waals surface area contributed by atoms with Crippen molar-refractivity contribution in [2.75, 3.05) is 32.9 Å². The molecule has 0 aliphatic carbocycles. The van der Waals surface area contributed by atoms with Crippen LogP contribution in [0.1, 0.15) is 79.1 Å². The van der Waals surface area contributed by atoms with E-state index in [1.165, 1.54) is 13.8 Å². The molecule has 8 amide bonds. The van der Waals surface area contributed by atoms with Gasteiger partial charge >= 0.3 is 17.9 Å². The molecule has 0 saturated carbocycles. The summed E-state index contributed by atoms with van der Waals surface area (Å²) >= 11 is 0.